The number of benzene rings is 3. The summed E-state index contributed by atoms with van der Waals surface area (Å²) in [5.74, 6) is 0.0287. The molecule has 1 aliphatic rings. The van der Waals surface area contributed by atoms with Crippen LogP contribution in [-0.4, -0.2) is 17.5 Å². The summed E-state index contributed by atoms with van der Waals surface area (Å²) in [4.78, 5) is 14.2. The lowest BCUT2D eigenvalue weighted by atomic mass is 10.1. The topological polar surface area (TPSA) is 36.8 Å². The number of halogens is 2. The summed E-state index contributed by atoms with van der Waals surface area (Å²) in [6.07, 6.45) is -0.181. The Morgan fingerprint density at radius 2 is 1.83 bits per heavy atom. The Morgan fingerprint density at radius 1 is 1.10 bits per heavy atom. The summed E-state index contributed by atoms with van der Waals surface area (Å²) in [5, 5.41) is 2.37. The van der Waals surface area contributed by atoms with Gasteiger partial charge in [-0.25, -0.2) is 0 Å². The summed E-state index contributed by atoms with van der Waals surface area (Å²) in [6, 6.07) is 25.8. The molecule has 1 fully saturated rings. The molecule has 1 amide bonds. The maximum absolute atomic E-state index is 13.0. The van der Waals surface area contributed by atoms with Gasteiger partial charge in [0.05, 0.1) is 5.70 Å². The predicted molar refractivity (Wildman–Crippen MR) is 123 cm³/mol. The number of carbonyl (C=O) groups is 1. The highest BCUT2D eigenvalue weighted by molar-refractivity contribution is 9.10. The third-order valence-corrected chi connectivity index (χ3v) is 5.92. The van der Waals surface area contributed by atoms with Gasteiger partial charge in [0.25, 0.3) is 0 Å². The molecular weight excluding hydrogens is 462 g/mol. The van der Waals surface area contributed by atoms with Gasteiger partial charge in [0.15, 0.2) is 6.54 Å². The van der Waals surface area contributed by atoms with Crippen molar-refractivity contribution in [1.29, 1.82) is 0 Å². The highest BCUT2D eigenvalue weighted by Crippen LogP contribution is 2.23. The molecule has 4 rings (SSSR count). The van der Waals surface area contributed by atoms with Crippen molar-refractivity contribution in [2.24, 2.45) is 0 Å². The second kappa shape index (κ2) is 9.04. The Labute approximate surface area is 189 Å². The number of rotatable bonds is 6. The average Bonchev–Trinajstić information content (AvgIpc) is 3.04. The van der Waals surface area contributed by atoms with Crippen molar-refractivity contribution in [3.63, 3.8) is 0 Å². The van der Waals surface area contributed by atoms with Crippen molar-refractivity contribution >= 4 is 39.1 Å². The fourth-order valence-corrected chi connectivity index (χ4v) is 4.31. The van der Waals surface area contributed by atoms with E-state index in [4.69, 9.17) is 11.6 Å². The average molecular weight is 484 g/mol. The molecule has 0 saturated carbocycles. The van der Waals surface area contributed by atoms with E-state index in [1.807, 2.05) is 54.6 Å². The largest absolute Gasteiger partial charge is 0.301 e. The van der Waals surface area contributed by atoms with Gasteiger partial charge in [0.1, 0.15) is 6.54 Å². The number of hydrazine groups is 1. The molecule has 152 valence electrons. The van der Waals surface area contributed by atoms with E-state index in [2.05, 4.69) is 52.2 Å². The molecule has 2 atom stereocenters. The first-order chi connectivity index (χ1) is 14.5. The molecule has 3 aromatic rings. The molecule has 0 aromatic heterocycles. The van der Waals surface area contributed by atoms with E-state index >= 15 is 0 Å². The fourth-order valence-electron chi connectivity index (χ4n) is 3.77. The molecule has 30 heavy (non-hydrogen) atoms. The molecule has 0 aliphatic carbocycles. The smallest absolute Gasteiger partial charge is 0.298 e. The van der Waals surface area contributed by atoms with Crippen molar-refractivity contribution in [2.75, 3.05) is 6.54 Å². The summed E-state index contributed by atoms with van der Waals surface area (Å²) < 4.78 is 0.981. The lowest BCUT2D eigenvalue weighted by Crippen LogP contribution is -3.10. The third kappa shape index (κ3) is 4.59. The van der Waals surface area contributed by atoms with Crippen molar-refractivity contribution < 1.29 is 9.69 Å². The minimum Gasteiger partial charge on any atom is -0.298 e. The van der Waals surface area contributed by atoms with Gasteiger partial charge >= 0.3 is 5.91 Å². The van der Waals surface area contributed by atoms with Gasteiger partial charge in [-0.3, -0.25) is 15.1 Å². The zero-order valence-corrected chi connectivity index (χ0v) is 18.7. The van der Waals surface area contributed by atoms with E-state index in [1.54, 1.807) is 5.01 Å². The molecule has 0 spiro atoms. The normalized spacial score (nSPS) is 18.5. The Balaban J connectivity index is 1.64. The fraction of sp³-hybridized carbons (Fsp3) is 0.125. The predicted octanol–water partition coefficient (Wildman–Crippen LogP) is 4.20. The Bertz CT molecular complexity index is 1060. The summed E-state index contributed by atoms with van der Waals surface area (Å²) in [5.41, 5.74) is 7.04. The second-order valence-corrected chi connectivity index (χ2v) is 8.67. The molecule has 1 unspecified atom stereocenters. The molecule has 4 nitrogen and oxygen atoms in total. The first kappa shape index (κ1) is 20.7. The SMILES string of the molecule is C=C(NN1C(=O)C[NH+](Cc2ccccc2)[C@H]1c1cccc(Br)c1)c1ccc(Cl)cc1. The van der Waals surface area contributed by atoms with Crippen molar-refractivity contribution in [1.82, 2.24) is 10.4 Å². The number of amides is 1. The number of carbonyl (C=O) groups excluding carboxylic acids is 1. The highest BCUT2D eigenvalue weighted by Gasteiger charge is 2.43. The first-order valence-electron chi connectivity index (χ1n) is 9.69. The van der Waals surface area contributed by atoms with E-state index in [9.17, 15) is 4.79 Å². The Kier molecular flexibility index (Phi) is 6.23. The zero-order chi connectivity index (χ0) is 21.1. The van der Waals surface area contributed by atoms with E-state index < -0.39 is 0 Å². The standard InChI is InChI=1S/C24H21BrClN3O/c1-17(19-10-12-22(26)13-11-19)27-29-23(30)16-28(15-18-6-3-2-4-7-18)24(29)20-8-5-9-21(25)14-20/h2-14,24,27H,1,15-16H2/p+1/t24-/m1/s1. The van der Waals surface area contributed by atoms with Gasteiger partial charge in [0.2, 0.25) is 6.17 Å². The number of nitrogens with one attached hydrogen (secondary N) is 2. The molecule has 1 aliphatic heterocycles. The number of hydrogen-bond acceptors (Lipinski definition) is 2. The van der Waals surface area contributed by atoms with E-state index in [1.165, 1.54) is 5.56 Å². The van der Waals surface area contributed by atoms with Crippen LogP contribution in [0.4, 0.5) is 0 Å². The van der Waals surface area contributed by atoms with Crippen LogP contribution in [-0.2, 0) is 11.3 Å². The first-order valence-corrected chi connectivity index (χ1v) is 10.9. The third-order valence-electron chi connectivity index (χ3n) is 5.18. The van der Waals surface area contributed by atoms with Crippen LogP contribution in [0.1, 0.15) is 22.9 Å². The van der Waals surface area contributed by atoms with Gasteiger partial charge in [-0.1, -0.05) is 88.7 Å². The summed E-state index contributed by atoms with van der Waals surface area (Å²) >= 11 is 9.56. The van der Waals surface area contributed by atoms with Crippen LogP contribution in [0.5, 0.6) is 0 Å². The molecule has 0 bridgehead atoms. The Hall–Kier alpha value is -2.60. The lowest BCUT2D eigenvalue weighted by Gasteiger charge is -2.28. The highest BCUT2D eigenvalue weighted by atomic mass is 79.9. The molecule has 0 radical (unpaired) electrons. The molecule has 6 heteroatoms. The van der Waals surface area contributed by atoms with Crippen LogP contribution in [0.3, 0.4) is 0 Å². The van der Waals surface area contributed by atoms with Crippen molar-refractivity contribution in [3.05, 3.63) is 112 Å². The molecule has 1 heterocycles. The van der Waals surface area contributed by atoms with Gasteiger partial charge in [-0.2, -0.15) is 5.01 Å². The maximum Gasteiger partial charge on any atom is 0.301 e. The van der Waals surface area contributed by atoms with Crippen LogP contribution < -0.4 is 10.3 Å². The van der Waals surface area contributed by atoms with Crippen LogP contribution in [0, 0.1) is 0 Å². The van der Waals surface area contributed by atoms with Gasteiger partial charge < -0.3 is 0 Å². The molecule has 1 saturated heterocycles. The second-order valence-electron chi connectivity index (χ2n) is 7.32. The zero-order valence-electron chi connectivity index (χ0n) is 16.3. The van der Waals surface area contributed by atoms with E-state index in [0.717, 1.165) is 27.0 Å². The maximum atomic E-state index is 13.0. The van der Waals surface area contributed by atoms with Crippen LogP contribution in [0.25, 0.3) is 5.70 Å². The van der Waals surface area contributed by atoms with Gasteiger partial charge in [-0.05, 0) is 29.8 Å². The number of nitrogens with zero attached hydrogens (tertiary/aromatic N) is 1. The van der Waals surface area contributed by atoms with E-state index in [0.29, 0.717) is 17.3 Å². The number of quaternary nitrogens is 1. The lowest BCUT2D eigenvalue weighted by molar-refractivity contribution is -0.937. The molecular formula is C24H22BrClN3O+. The van der Waals surface area contributed by atoms with Crippen LogP contribution in [0.15, 0.2) is 89.9 Å². The Morgan fingerprint density at radius 3 is 2.53 bits per heavy atom. The van der Waals surface area contributed by atoms with Gasteiger partial charge in [-0.15, -0.1) is 0 Å². The van der Waals surface area contributed by atoms with Crippen LogP contribution >= 0.6 is 27.5 Å². The minimum absolute atomic E-state index is 0.0287. The van der Waals surface area contributed by atoms with Crippen molar-refractivity contribution in [2.45, 2.75) is 12.7 Å². The minimum atomic E-state index is -0.181. The number of hydrogen-bond donors (Lipinski definition) is 2. The molecule has 3 aromatic carbocycles. The van der Waals surface area contributed by atoms with E-state index in [-0.39, 0.29) is 12.1 Å². The quantitative estimate of drug-likeness (QED) is 0.551. The van der Waals surface area contributed by atoms with Crippen molar-refractivity contribution in [3.8, 4) is 0 Å². The summed E-state index contributed by atoms with van der Waals surface area (Å²) in [7, 11) is 0. The van der Waals surface area contributed by atoms with Gasteiger partial charge in [0, 0.05) is 20.6 Å². The molecule has 2 N–H and O–H groups in total. The van der Waals surface area contributed by atoms with Crippen LogP contribution in [0.2, 0.25) is 5.02 Å². The summed E-state index contributed by atoms with van der Waals surface area (Å²) in [6.45, 7) is 5.28. The monoisotopic (exact) mass is 482 g/mol.